The summed E-state index contributed by atoms with van der Waals surface area (Å²) >= 11 is 0. The molecule has 0 aliphatic heterocycles. The first kappa shape index (κ1) is 22.1. The fourth-order valence-corrected chi connectivity index (χ4v) is 4.61. The summed E-state index contributed by atoms with van der Waals surface area (Å²) in [6.45, 7) is 4.25. The average molecular weight is 425 g/mol. The van der Waals surface area contributed by atoms with E-state index in [0.29, 0.717) is 25.0 Å². The van der Waals surface area contributed by atoms with Gasteiger partial charge in [-0.15, -0.1) is 0 Å². The van der Waals surface area contributed by atoms with Crippen molar-refractivity contribution in [3.63, 3.8) is 0 Å². The van der Waals surface area contributed by atoms with E-state index < -0.39 is 10.1 Å². The topological polar surface area (TPSA) is 52.6 Å². The van der Waals surface area contributed by atoms with E-state index in [-0.39, 0.29) is 11.0 Å². The molecule has 0 amide bonds. The van der Waals surface area contributed by atoms with Crippen LogP contribution < -0.4 is 4.74 Å². The van der Waals surface area contributed by atoms with Crippen LogP contribution in [0.15, 0.2) is 83.8 Å². The van der Waals surface area contributed by atoms with Crippen LogP contribution in [0, 0.1) is 6.92 Å². The molecule has 1 unspecified atom stereocenters. The third-order valence-electron chi connectivity index (χ3n) is 5.01. The second-order valence-electron chi connectivity index (χ2n) is 7.30. The number of ether oxygens (including phenoxy) is 1. The zero-order chi connectivity index (χ0) is 21.4. The summed E-state index contributed by atoms with van der Waals surface area (Å²) in [5.41, 5.74) is 2.94. The second-order valence-corrected chi connectivity index (χ2v) is 8.84. The summed E-state index contributed by atoms with van der Waals surface area (Å²) in [7, 11) is -3.77. The Kier molecular flexibility index (Phi) is 7.66. The highest BCUT2D eigenvalue weighted by atomic mass is 32.2. The third-order valence-corrected chi connectivity index (χ3v) is 6.53. The Labute approximate surface area is 179 Å². The molecule has 0 saturated carbocycles. The Morgan fingerprint density at radius 1 is 0.833 bits per heavy atom. The lowest BCUT2D eigenvalue weighted by molar-refractivity contribution is 0.194. The standard InChI is InChI=1S/C25H28O4S/c1-3-23(29-30(26,27)25-12-8-7-9-20(25)2)16-13-21-14-17-24(18-15-21)28-19-22-10-5-4-6-11-22/h4-12,14-15,17-18,23H,3,13,16,19H2,1-2H3. The van der Waals surface area contributed by atoms with E-state index in [4.69, 9.17) is 8.92 Å². The summed E-state index contributed by atoms with van der Waals surface area (Å²) in [6, 6.07) is 24.9. The molecule has 0 bridgehead atoms. The maximum absolute atomic E-state index is 12.6. The molecule has 5 heteroatoms. The van der Waals surface area contributed by atoms with Crippen molar-refractivity contribution >= 4 is 10.1 Å². The molecule has 3 rings (SSSR count). The van der Waals surface area contributed by atoms with Crippen LogP contribution in [0.5, 0.6) is 5.75 Å². The lowest BCUT2D eigenvalue weighted by Gasteiger charge is -2.17. The van der Waals surface area contributed by atoms with Crippen LogP contribution in [0.3, 0.4) is 0 Å². The first-order chi connectivity index (χ1) is 14.5. The van der Waals surface area contributed by atoms with Crippen LogP contribution in [-0.2, 0) is 27.3 Å². The van der Waals surface area contributed by atoms with E-state index in [1.807, 2.05) is 67.6 Å². The van der Waals surface area contributed by atoms with Gasteiger partial charge in [0.2, 0.25) is 0 Å². The zero-order valence-corrected chi connectivity index (χ0v) is 18.3. The van der Waals surface area contributed by atoms with Gasteiger partial charge in [-0.3, -0.25) is 4.18 Å². The van der Waals surface area contributed by atoms with Gasteiger partial charge in [-0.25, -0.2) is 0 Å². The maximum Gasteiger partial charge on any atom is 0.297 e. The van der Waals surface area contributed by atoms with Gasteiger partial charge in [-0.1, -0.05) is 67.6 Å². The van der Waals surface area contributed by atoms with Gasteiger partial charge in [-0.05, 0) is 61.1 Å². The van der Waals surface area contributed by atoms with Gasteiger partial charge < -0.3 is 4.74 Å². The molecule has 3 aromatic carbocycles. The monoisotopic (exact) mass is 424 g/mol. The lowest BCUT2D eigenvalue weighted by Crippen LogP contribution is -2.19. The van der Waals surface area contributed by atoms with Gasteiger partial charge in [0, 0.05) is 0 Å². The lowest BCUT2D eigenvalue weighted by atomic mass is 10.1. The molecular weight excluding hydrogens is 396 g/mol. The van der Waals surface area contributed by atoms with E-state index in [1.54, 1.807) is 25.1 Å². The predicted octanol–water partition coefficient (Wildman–Crippen LogP) is 5.69. The van der Waals surface area contributed by atoms with E-state index in [1.165, 1.54) is 0 Å². The predicted molar refractivity (Wildman–Crippen MR) is 119 cm³/mol. The normalized spacial score (nSPS) is 12.5. The van der Waals surface area contributed by atoms with Gasteiger partial charge in [-0.2, -0.15) is 8.42 Å². The number of rotatable bonds is 10. The molecule has 0 aromatic heterocycles. The highest BCUT2D eigenvalue weighted by Gasteiger charge is 2.22. The molecule has 0 N–H and O–H groups in total. The minimum Gasteiger partial charge on any atom is -0.489 e. The van der Waals surface area contributed by atoms with Gasteiger partial charge in [0.1, 0.15) is 12.4 Å². The van der Waals surface area contributed by atoms with Crippen molar-refractivity contribution in [2.24, 2.45) is 0 Å². The molecule has 0 heterocycles. The van der Waals surface area contributed by atoms with Crippen LogP contribution >= 0.6 is 0 Å². The molecule has 0 aliphatic carbocycles. The number of aryl methyl sites for hydroxylation is 2. The molecule has 0 radical (unpaired) electrons. The first-order valence-electron chi connectivity index (χ1n) is 10.2. The van der Waals surface area contributed by atoms with Crippen molar-refractivity contribution < 1.29 is 17.3 Å². The Morgan fingerprint density at radius 2 is 1.50 bits per heavy atom. The number of hydrogen-bond acceptors (Lipinski definition) is 4. The highest BCUT2D eigenvalue weighted by molar-refractivity contribution is 7.86. The SMILES string of the molecule is CCC(CCc1ccc(OCc2ccccc2)cc1)OS(=O)(=O)c1ccccc1C. The smallest absolute Gasteiger partial charge is 0.297 e. The van der Waals surface area contributed by atoms with E-state index in [2.05, 4.69) is 0 Å². The van der Waals surface area contributed by atoms with E-state index >= 15 is 0 Å². The molecule has 3 aromatic rings. The Hall–Kier alpha value is -2.63. The summed E-state index contributed by atoms with van der Waals surface area (Å²) < 4.78 is 36.6. The number of hydrogen-bond donors (Lipinski definition) is 0. The molecule has 0 aliphatic rings. The highest BCUT2D eigenvalue weighted by Crippen LogP contribution is 2.22. The molecule has 30 heavy (non-hydrogen) atoms. The largest absolute Gasteiger partial charge is 0.489 e. The van der Waals surface area contributed by atoms with Crippen LogP contribution in [0.25, 0.3) is 0 Å². The third kappa shape index (κ3) is 6.18. The summed E-state index contributed by atoms with van der Waals surface area (Å²) in [5, 5.41) is 0. The quantitative estimate of drug-likeness (QED) is 0.392. The van der Waals surface area contributed by atoms with Gasteiger partial charge in [0.15, 0.2) is 0 Å². The van der Waals surface area contributed by atoms with Gasteiger partial charge >= 0.3 is 0 Å². The Balaban J connectivity index is 1.54. The number of benzene rings is 3. The fourth-order valence-electron chi connectivity index (χ4n) is 3.21. The Bertz CT molecular complexity index is 1030. The van der Waals surface area contributed by atoms with Crippen LogP contribution in [-0.4, -0.2) is 14.5 Å². The maximum atomic E-state index is 12.6. The van der Waals surface area contributed by atoms with Crippen molar-refractivity contribution in [2.45, 2.75) is 50.7 Å². The minimum absolute atomic E-state index is 0.239. The summed E-state index contributed by atoms with van der Waals surface area (Å²) in [6.07, 6.45) is 1.64. The van der Waals surface area contributed by atoms with Crippen molar-refractivity contribution in [3.05, 3.63) is 95.6 Å². The molecule has 0 saturated heterocycles. The van der Waals surface area contributed by atoms with Crippen molar-refractivity contribution in [3.8, 4) is 5.75 Å². The minimum atomic E-state index is -3.77. The molecular formula is C25H28O4S. The summed E-state index contributed by atoms with van der Waals surface area (Å²) in [4.78, 5) is 0.239. The van der Waals surface area contributed by atoms with E-state index in [9.17, 15) is 8.42 Å². The van der Waals surface area contributed by atoms with Crippen LogP contribution in [0.1, 0.15) is 36.5 Å². The first-order valence-corrected chi connectivity index (χ1v) is 11.6. The summed E-state index contributed by atoms with van der Waals surface area (Å²) in [5.74, 6) is 0.813. The van der Waals surface area contributed by atoms with Crippen molar-refractivity contribution in [2.75, 3.05) is 0 Å². The molecule has 1 atom stereocenters. The van der Waals surface area contributed by atoms with Crippen molar-refractivity contribution in [1.82, 2.24) is 0 Å². The zero-order valence-electron chi connectivity index (χ0n) is 17.5. The molecule has 4 nitrogen and oxygen atoms in total. The fraction of sp³-hybridized carbons (Fsp3) is 0.280. The molecule has 0 spiro atoms. The van der Waals surface area contributed by atoms with Crippen molar-refractivity contribution in [1.29, 1.82) is 0 Å². The average Bonchev–Trinajstić information content (AvgIpc) is 2.76. The Morgan fingerprint density at radius 3 is 2.17 bits per heavy atom. The second kappa shape index (κ2) is 10.4. The molecule has 158 valence electrons. The van der Waals surface area contributed by atoms with Gasteiger partial charge in [0.25, 0.3) is 10.1 Å². The van der Waals surface area contributed by atoms with Gasteiger partial charge in [0.05, 0.1) is 11.0 Å². The van der Waals surface area contributed by atoms with Crippen LogP contribution in [0.4, 0.5) is 0 Å². The van der Waals surface area contributed by atoms with E-state index in [0.717, 1.165) is 23.3 Å². The van der Waals surface area contributed by atoms with Crippen LogP contribution in [0.2, 0.25) is 0 Å². The molecule has 0 fully saturated rings.